The van der Waals surface area contributed by atoms with Crippen molar-refractivity contribution < 1.29 is 4.74 Å². The Bertz CT molecular complexity index is 348. The fourth-order valence-electron chi connectivity index (χ4n) is 1.82. The molecule has 1 aliphatic rings. The lowest BCUT2D eigenvalue weighted by Crippen LogP contribution is -2.17. The van der Waals surface area contributed by atoms with Crippen LogP contribution in [0.25, 0.3) is 0 Å². The van der Waals surface area contributed by atoms with Crippen LogP contribution in [0.4, 0.5) is 5.69 Å². The van der Waals surface area contributed by atoms with Crippen LogP contribution in [-0.4, -0.2) is 24.2 Å². The second-order valence-electron chi connectivity index (χ2n) is 4.94. The van der Waals surface area contributed by atoms with Gasteiger partial charge in [0.1, 0.15) is 5.75 Å². The standard InChI is InChI=1S/C14H21NOS/c1-11(2)9-16-14-5-3-4-12(8-14)15-13-6-7-17-10-13/h3-5,8,11,13,15H,6-7,9-10H2,1-2H3. The number of rotatable bonds is 5. The predicted octanol–water partition coefficient (Wildman–Crippen LogP) is 3.64. The summed E-state index contributed by atoms with van der Waals surface area (Å²) in [7, 11) is 0. The molecule has 1 heterocycles. The number of hydrogen-bond acceptors (Lipinski definition) is 3. The van der Waals surface area contributed by atoms with Crippen molar-refractivity contribution in [3.05, 3.63) is 24.3 Å². The first-order valence-electron chi connectivity index (χ1n) is 6.31. The van der Waals surface area contributed by atoms with Gasteiger partial charge in [-0.25, -0.2) is 0 Å². The van der Waals surface area contributed by atoms with Gasteiger partial charge < -0.3 is 10.1 Å². The van der Waals surface area contributed by atoms with Crippen molar-refractivity contribution in [3.8, 4) is 5.75 Å². The van der Waals surface area contributed by atoms with Crippen molar-refractivity contribution in [1.29, 1.82) is 0 Å². The summed E-state index contributed by atoms with van der Waals surface area (Å²) in [6, 6.07) is 8.92. The molecule has 1 aromatic carbocycles. The summed E-state index contributed by atoms with van der Waals surface area (Å²) in [5.41, 5.74) is 1.18. The zero-order valence-corrected chi connectivity index (χ0v) is 11.4. The van der Waals surface area contributed by atoms with E-state index in [9.17, 15) is 0 Å². The Kier molecular flexibility index (Phi) is 4.60. The van der Waals surface area contributed by atoms with Gasteiger partial charge in [-0.15, -0.1) is 0 Å². The number of ether oxygens (including phenoxy) is 1. The molecular formula is C14H21NOS. The van der Waals surface area contributed by atoms with Gasteiger partial charge in [-0.3, -0.25) is 0 Å². The molecule has 1 aliphatic heterocycles. The molecule has 94 valence electrons. The number of benzene rings is 1. The molecular weight excluding hydrogens is 230 g/mol. The lowest BCUT2D eigenvalue weighted by atomic mass is 10.2. The molecule has 0 spiro atoms. The monoisotopic (exact) mass is 251 g/mol. The van der Waals surface area contributed by atoms with E-state index in [0.29, 0.717) is 12.0 Å². The maximum atomic E-state index is 5.73. The average molecular weight is 251 g/mol. The smallest absolute Gasteiger partial charge is 0.121 e. The van der Waals surface area contributed by atoms with Gasteiger partial charge in [-0.2, -0.15) is 11.8 Å². The largest absolute Gasteiger partial charge is 0.493 e. The first kappa shape index (κ1) is 12.6. The molecule has 17 heavy (non-hydrogen) atoms. The summed E-state index contributed by atoms with van der Waals surface area (Å²) in [6.45, 7) is 5.11. The molecule has 3 heteroatoms. The molecule has 0 aliphatic carbocycles. The SMILES string of the molecule is CC(C)COc1cccc(NC2CCSC2)c1. The molecule has 0 aromatic heterocycles. The van der Waals surface area contributed by atoms with Gasteiger partial charge in [-0.05, 0) is 30.2 Å². The van der Waals surface area contributed by atoms with Crippen molar-refractivity contribution in [1.82, 2.24) is 0 Å². The third-order valence-electron chi connectivity index (χ3n) is 2.72. The van der Waals surface area contributed by atoms with Crippen molar-refractivity contribution in [2.24, 2.45) is 5.92 Å². The van der Waals surface area contributed by atoms with Crippen LogP contribution in [0, 0.1) is 5.92 Å². The van der Waals surface area contributed by atoms with Crippen molar-refractivity contribution in [3.63, 3.8) is 0 Å². The van der Waals surface area contributed by atoms with E-state index in [0.717, 1.165) is 12.4 Å². The first-order chi connectivity index (χ1) is 8.24. The summed E-state index contributed by atoms with van der Waals surface area (Å²) in [5, 5.41) is 3.57. The molecule has 0 saturated carbocycles. The van der Waals surface area contributed by atoms with Crippen LogP contribution in [0.5, 0.6) is 5.75 Å². The zero-order chi connectivity index (χ0) is 12.1. The highest BCUT2D eigenvalue weighted by Gasteiger charge is 2.14. The summed E-state index contributed by atoms with van der Waals surface area (Å²) >= 11 is 2.03. The minimum absolute atomic E-state index is 0.567. The van der Waals surface area contributed by atoms with E-state index < -0.39 is 0 Å². The molecule has 2 nitrogen and oxygen atoms in total. The fourth-order valence-corrected chi connectivity index (χ4v) is 2.97. The van der Waals surface area contributed by atoms with E-state index in [1.54, 1.807) is 0 Å². The molecule has 1 N–H and O–H groups in total. The van der Waals surface area contributed by atoms with Crippen LogP contribution in [0.3, 0.4) is 0 Å². The van der Waals surface area contributed by atoms with Crippen LogP contribution in [0.2, 0.25) is 0 Å². The molecule has 1 atom stereocenters. The molecule has 1 fully saturated rings. The topological polar surface area (TPSA) is 21.3 Å². The van der Waals surface area contributed by atoms with Gasteiger partial charge in [0.2, 0.25) is 0 Å². The van der Waals surface area contributed by atoms with Crippen LogP contribution >= 0.6 is 11.8 Å². The molecule has 0 amide bonds. The molecule has 1 unspecified atom stereocenters. The molecule has 1 saturated heterocycles. The maximum Gasteiger partial charge on any atom is 0.121 e. The van der Waals surface area contributed by atoms with Gasteiger partial charge in [0, 0.05) is 23.5 Å². The van der Waals surface area contributed by atoms with Gasteiger partial charge in [0.15, 0.2) is 0 Å². The third kappa shape index (κ3) is 4.15. The second-order valence-corrected chi connectivity index (χ2v) is 6.09. The fraction of sp³-hybridized carbons (Fsp3) is 0.571. The van der Waals surface area contributed by atoms with Gasteiger partial charge in [0.05, 0.1) is 6.61 Å². The van der Waals surface area contributed by atoms with E-state index in [1.807, 2.05) is 17.8 Å². The van der Waals surface area contributed by atoms with Crippen molar-refractivity contribution in [2.45, 2.75) is 26.3 Å². The zero-order valence-electron chi connectivity index (χ0n) is 10.6. The first-order valence-corrected chi connectivity index (χ1v) is 7.46. The number of anilines is 1. The van der Waals surface area contributed by atoms with Crippen molar-refractivity contribution >= 4 is 17.4 Å². The summed E-state index contributed by atoms with van der Waals surface area (Å²) < 4.78 is 5.73. The van der Waals surface area contributed by atoms with Crippen LogP contribution in [0.15, 0.2) is 24.3 Å². The number of nitrogens with one attached hydrogen (secondary N) is 1. The van der Waals surface area contributed by atoms with Crippen molar-refractivity contribution in [2.75, 3.05) is 23.4 Å². The number of thioether (sulfide) groups is 1. The third-order valence-corrected chi connectivity index (χ3v) is 3.88. The number of hydrogen-bond donors (Lipinski definition) is 1. The summed E-state index contributed by atoms with van der Waals surface area (Å²) in [4.78, 5) is 0. The lowest BCUT2D eigenvalue weighted by molar-refractivity contribution is 0.271. The Hall–Kier alpha value is -0.830. The Balaban J connectivity index is 1.91. The van der Waals surface area contributed by atoms with E-state index in [2.05, 4.69) is 37.4 Å². The van der Waals surface area contributed by atoms with E-state index in [4.69, 9.17) is 4.74 Å². The molecule has 2 rings (SSSR count). The summed E-state index contributed by atoms with van der Waals surface area (Å²) in [6.07, 6.45) is 1.27. The van der Waals surface area contributed by atoms with E-state index in [1.165, 1.54) is 23.6 Å². The Morgan fingerprint density at radius 2 is 2.35 bits per heavy atom. The average Bonchev–Trinajstić information content (AvgIpc) is 2.80. The molecule has 0 radical (unpaired) electrons. The van der Waals surface area contributed by atoms with Gasteiger partial charge in [-0.1, -0.05) is 19.9 Å². The minimum Gasteiger partial charge on any atom is -0.493 e. The highest BCUT2D eigenvalue weighted by molar-refractivity contribution is 7.99. The highest BCUT2D eigenvalue weighted by atomic mass is 32.2. The van der Waals surface area contributed by atoms with Crippen LogP contribution < -0.4 is 10.1 Å². The summed E-state index contributed by atoms with van der Waals surface area (Å²) in [5.74, 6) is 4.03. The minimum atomic E-state index is 0.567. The molecule has 1 aromatic rings. The predicted molar refractivity (Wildman–Crippen MR) is 76.1 cm³/mol. The molecule has 0 bridgehead atoms. The Labute approximate surface area is 108 Å². The lowest BCUT2D eigenvalue weighted by Gasteiger charge is -2.14. The van der Waals surface area contributed by atoms with Crippen LogP contribution in [0.1, 0.15) is 20.3 Å². The Morgan fingerprint density at radius 3 is 3.06 bits per heavy atom. The normalized spacial score (nSPS) is 19.6. The maximum absolute atomic E-state index is 5.73. The van der Waals surface area contributed by atoms with Gasteiger partial charge in [0.25, 0.3) is 0 Å². The van der Waals surface area contributed by atoms with E-state index >= 15 is 0 Å². The van der Waals surface area contributed by atoms with Crippen LogP contribution in [-0.2, 0) is 0 Å². The van der Waals surface area contributed by atoms with Gasteiger partial charge >= 0.3 is 0 Å². The Morgan fingerprint density at radius 1 is 1.47 bits per heavy atom. The van der Waals surface area contributed by atoms with E-state index in [-0.39, 0.29) is 0 Å². The quantitative estimate of drug-likeness (QED) is 0.863. The second kappa shape index (κ2) is 6.20. The highest BCUT2D eigenvalue weighted by Crippen LogP contribution is 2.23.